The van der Waals surface area contributed by atoms with E-state index in [1.54, 1.807) is 0 Å². The van der Waals surface area contributed by atoms with E-state index in [9.17, 15) is 0 Å². The Labute approximate surface area is 154 Å². The lowest BCUT2D eigenvalue weighted by atomic mass is 10.1. The van der Waals surface area contributed by atoms with Gasteiger partial charge in [-0.15, -0.1) is 0 Å². The van der Waals surface area contributed by atoms with Crippen molar-refractivity contribution >= 4 is 0 Å². The van der Waals surface area contributed by atoms with E-state index in [1.807, 2.05) is 0 Å². The Kier molecular flexibility index (Phi) is 8.79. The van der Waals surface area contributed by atoms with E-state index >= 15 is 0 Å². The van der Waals surface area contributed by atoms with Gasteiger partial charge in [-0.2, -0.15) is 0 Å². The van der Waals surface area contributed by atoms with Crippen LogP contribution < -0.4 is 4.57 Å². The van der Waals surface area contributed by atoms with Gasteiger partial charge in [-0.25, -0.2) is 9.13 Å². The third kappa shape index (κ3) is 6.68. The highest BCUT2D eigenvalue weighted by Crippen LogP contribution is 2.13. The summed E-state index contributed by atoms with van der Waals surface area (Å²) in [6.45, 7) is 7.83. The van der Waals surface area contributed by atoms with Gasteiger partial charge in [0.2, 0.25) is 0 Å². The average molecular weight is 342 g/mol. The van der Waals surface area contributed by atoms with E-state index in [1.165, 1.54) is 69.2 Å². The predicted octanol–water partition coefficient (Wildman–Crippen LogP) is 6.09. The van der Waals surface area contributed by atoms with Gasteiger partial charge in [-0.1, -0.05) is 82.2 Å². The molecule has 0 aliphatic rings. The molecule has 2 heteroatoms. The summed E-state index contributed by atoms with van der Waals surface area (Å²) < 4.78 is 4.89. The van der Waals surface area contributed by atoms with Crippen molar-refractivity contribution in [3.8, 4) is 0 Å². The zero-order valence-electron chi connectivity index (χ0n) is 16.6. The van der Waals surface area contributed by atoms with Crippen molar-refractivity contribution in [3.05, 3.63) is 54.1 Å². The molecule has 1 heterocycles. The third-order valence-electron chi connectivity index (χ3n) is 5.04. The summed E-state index contributed by atoms with van der Waals surface area (Å²) in [4.78, 5) is 0. The van der Waals surface area contributed by atoms with Gasteiger partial charge in [0.15, 0.2) is 0 Å². The minimum absolute atomic E-state index is 0.529. The molecule has 2 nitrogen and oxygen atoms in total. The molecule has 0 radical (unpaired) electrons. The van der Waals surface area contributed by atoms with Crippen LogP contribution in [0, 0.1) is 0 Å². The van der Waals surface area contributed by atoms with Crippen molar-refractivity contribution < 1.29 is 4.57 Å². The molecule has 0 spiro atoms. The molecule has 138 valence electrons. The van der Waals surface area contributed by atoms with Crippen LogP contribution in [-0.4, -0.2) is 4.57 Å². The van der Waals surface area contributed by atoms with Gasteiger partial charge in [0, 0.05) is 6.42 Å². The van der Waals surface area contributed by atoms with Gasteiger partial charge in [0.05, 0.1) is 6.04 Å². The third-order valence-corrected chi connectivity index (χ3v) is 5.04. The van der Waals surface area contributed by atoms with Gasteiger partial charge in [0.1, 0.15) is 18.9 Å². The summed E-state index contributed by atoms with van der Waals surface area (Å²) >= 11 is 0. The molecule has 0 aliphatic heterocycles. The molecule has 0 unspecified atom stereocenters. The number of hydrogen-bond donors (Lipinski definition) is 0. The minimum atomic E-state index is 0.529. The Balaban J connectivity index is 1.86. The summed E-state index contributed by atoms with van der Waals surface area (Å²) in [5.74, 6) is 1.48. The van der Waals surface area contributed by atoms with Crippen LogP contribution >= 0.6 is 0 Å². The summed E-state index contributed by atoms with van der Waals surface area (Å²) in [5.41, 5.74) is 1.38. The van der Waals surface area contributed by atoms with Crippen LogP contribution in [0.3, 0.4) is 0 Å². The first kappa shape index (κ1) is 19.8. The van der Waals surface area contributed by atoms with Crippen LogP contribution in [0.25, 0.3) is 0 Å². The second-order valence-electron chi connectivity index (χ2n) is 7.55. The highest BCUT2D eigenvalue weighted by Gasteiger charge is 2.19. The summed E-state index contributed by atoms with van der Waals surface area (Å²) in [6, 6.07) is 11.3. The van der Waals surface area contributed by atoms with Crippen molar-refractivity contribution in [2.24, 2.45) is 0 Å². The molecule has 2 aromatic rings. The van der Waals surface area contributed by atoms with E-state index in [2.05, 4.69) is 72.6 Å². The number of nitrogens with zero attached hydrogens (tertiary/aromatic N) is 2. The van der Waals surface area contributed by atoms with Crippen molar-refractivity contribution in [2.45, 2.75) is 91.1 Å². The fraction of sp³-hybridized carbons (Fsp3) is 0.609. The van der Waals surface area contributed by atoms with Crippen molar-refractivity contribution in [3.63, 3.8) is 0 Å². The monoisotopic (exact) mass is 341 g/mol. The van der Waals surface area contributed by atoms with Crippen LogP contribution in [-0.2, 0) is 13.0 Å². The van der Waals surface area contributed by atoms with Gasteiger partial charge in [-0.3, -0.25) is 0 Å². The maximum Gasteiger partial charge on any atom is 0.256 e. The Bertz CT molecular complexity index is 583. The number of unbranched alkanes of at least 4 members (excludes halogenated alkanes) is 7. The Morgan fingerprint density at radius 2 is 1.52 bits per heavy atom. The predicted molar refractivity (Wildman–Crippen MR) is 107 cm³/mol. The molecule has 0 fully saturated rings. The smallest absolute Gasteiger partial charge is 0.232 e. The minimum Gasteiger partial charge on any atom is -0.232 e. The summed E-state index contributed by atoms with van der Waals surface area (Å²) in [6.07, 6.45) is 16.8. The first-order valence-corrected chi connectivity index (χ1v) is 10.4. The second kappa shape index (κ2) is 11.1. The molecule has 2 rings (SSSR count). The van der Waals surface area contributed by atoms with Crippen LogP contribution in [0.15, 0.2) is 42.7 Å². The average Bonchev–Trinajstić information content (AvgIpc) is 3.01. The molecule has 0 atom stereocenters. The fourth-order valence-electron chi connectivity index (χ4n) is 3.56. The number of hydrogen-bond acceptors (Lipinski definition) is 0. The largest absolute Gasteiger partial charge is 0.256 e. The highest BCUT2D eigenvalue weighted by atomic mass is 15.2. The van der Waals surface area contributed by atoms with Crippen molar-refractivity contribution in [1.82, 2.24) is 4.57 Å². The van der Waals surface area contributed by atoms with Crippen LogP contribution in [0.1, 0.15) is 89.6 Å². The van der Waals surface area contributed by atoms with Crippen LogP contribution in [0.4, 0.5) is 0 Å². The molecule has 0 bridgehead atoms. The standard InChI is InChI=1S/C23H37N2/c1-4-5-6-7-8-9-10-14-17-23-24(18-19-25(23)21(2)3)20-22-15-12-11-13-16-22/h11-13,15-16,18-19,21H,4-10,14,17,20H2,1-3H3/q+1. The zero-order chi connectivity index (χ0) is 17.9. The molecule has 1 aromatic carbocycles. The molecule has 0 N–H and O–H groups in total. The normalized spacial score (nSPS) is 11.4. The number of benzene rings is 1. The molecular weight excluding hydrogens is 304 g/mol. The zero-order valence-corrected chi connectivity index (χ0v) is 16.6. The number of aromatic nitrogens is 2. The van der Waals surface area contributed by atoms with E-state index in [0.29, 0.717) is 6.04 Å². The fourth-order valence-corrected chi connectivity index (χ4v) is 3.56. The molecule has 25 heavy (non-hydrogen) atoms. The first-order valence-electron chi connectivity index (χ1n) is 10.4. The Morgan fingerprint density at radius 3 is 2.16 bits per heavy atom. The highest BCUT2D eigenvalue weighted by molar-refractivity contribution is 5.13. The SMILES string of the molecule is CCCCCCCCCCc1n(C(C)C)cc[n+]1Cc1ccccc1. The molecule has 0 saturated heterocycles. The first-order chi connectivity index (χ1) is 12.2. The number of rotatable bonds is 12. The Hall–Kier alpha value is -1.57. The van der Waals surface area contributed by atoms with Gasteiger partial charge in [0.25, 0.3) is 5.82 Å². The maximum absolute atomic E-state index is 2.45. The molecule has 0 aliphatic carbocycles. The molecule has 0 saturated carbocycles. The number of imidazole rings is 1. The van der Waals surface area contributed by atoms with Gasteiger partial charge in [-0.05, 0) is 25.8 Å². The maximum atomic E-state index is 2.45. The van der Waals surface area contributed by atoms with Crippen molar-refractivity contribution in [1.29, 1.82) is 0 Å². The summed E-state index contributed by atoms with van der Waals surface area (Å²) in [5, 5.41) is 0. The summed E-state index contributed by atoms with van der Waals surface area (Å²) in [7, 11) is 0. The topological polar surface area (TPSA) is 8.81 Å². The lowest BCUT2D eigenvalue weighted by Crippen LogP contribution is -2.38. The van der Waals surface area contributed by atoms with E-state index in [-0.39, 0.29) is 0 Å². The van der Waals surface area contributed by atoms with Gasteiger partial charge < -0.3 is 0 Å². The molecule has 0 amide bonds. The van der Waals surface area contributed by atoms with Crippen LogP contribution in [0.5, 0.6) is 0 Å². The van der Waals surface area contributed by atoms with E-state index in [0.717, 1.165) is 6.54 Å². The van der Waals surface area contributed by atoms with Gasteiger partial charge >= 0.3 is 0 Å². The lowest BCUT2D eigenvalue weighted by molar-refractivity contribution is -0.695. The van der Waals surface area contributed by atoms with Crippen LogP contribution in [0.2, 0.25) is 0 Å². The quantitative estimate of drug-likeness (QED) is 0.326. The Morgan fingerprint density at radius 1 is 0.880 bits per heavy atom. The lowest BCUT2D eigenvalue weighted by Gasteiger charge is -2.08. The molecular formula is C23H37N2+. The van der Waals surface area contributed by atoms with Crippen molar-refractivity contribution in [2.75, 3.05) is 0 Å². The van der Waals surface area contributed by atoms with E-state index < -0.39 is 0 Å². The molecule has 1 aromatic heterocycles. The van der Waals surface area contributed by atoms with E-state index in [4.69, 9.17) is 0 Å². The second-order valence-corrected chi connectivity index (χ2v) is 7.55.